The Morgan fingerprint density at radius 3 is 1.87 bits per heavy atom. The third-order valence-electron chi connectivity index (χ3n) is 12.6. The van der Waals surface area contributed by atoms with Crippen LogP contribution in [0.1, 0.15) is 77.0 Å². The number of primary amides is 1. The Kier molecular flexibility index (Phi) is 18.4. The Bertz CT molecular complexity index is 2660. The second-order valence-electron chi connectivity index (χ2n) is 19.7. The molecule has 3 heterocycles. The van der Waals surface area contributed by atoms with Crippen molar-refractivity contribution in [3.05, 3.63) is 108 Å². The van der Waals surface area contributed by atoms with Crippen molar-refractivity contribution in [1.29, 1.82) is 0 Å². The van der Waals surface area contributed by atoms with E-state index in [1.807, 2.05) is 99.0 Å². The number of hydrogen-bond donors (Lipinski definition) is 7. The predicted octanol–water partition coefficient (Wildman–Crippen LogP) is 5.13. The van der Waals surface area contributed by atoms with E-state index < -0.39 is 83.4 Å². The fraction of sp³-hybridized carbons (Fsp3) is 0.453. The number of carbonyl (C=O) groups is 7. The van der Waals surface area contributed by atoms with Crippen molar-refractivity contribution in [3.63, 3.8) is 0 Å². The molecule has 0 radical (unpaired) electrons. The standard InChI is InChI=1S/C53H69N9O8S/c1-32(2)26-41(47(64)57-40(46(54)63)23-25-71-7)58-48(65)42(28-34-30-55-38-20-13-11-18-36(34)38)59-50(67)45(27-33-16-9-8-10-17-33)61(6)51(68)43(29-35-31-56-39-21-14-12-19-37(35)39)60-49(66)44-22-15-24-62(44)52(69)70-53(3,4)5/h8-14,16-21,30-32,40-45,55-56H,15,22-29H2,1-7H3,(H2,54,63)(H,57,64)(H,58,65)(H,59,67)(H,60,66)/t40-,41-,42+,43+,44-,45-/m0/s1. The van der Waals surface area contributed by atoms with Crippen molar-refractivity contribution in [2.24, 2.45) is 11.7 Å². The fourth-order valence-electron chi connectivity index (χ4n) is 8.98. The van der Waals surface area contributed by atoms with E-state index in [-0.39, 0.29) is 31.6 Å². The van der Waals surface area contributed by atoms with Gasteiger partial charge in [-0.1, -0.05) is 80.6 Å². The molecule has 0 spiro atoms. The molecule has 71 heavy (non-hydrogen) atoms. The quantitative estimate of drug-likeness (QED) is 0.0486. The summed E-state index contributed by atoms with van der Waals surface area (Å²) in [6.07, 6.45) is 6.30. The molecule has 2 aromatic heterocycles. The molecule has 0 aliphatic carbocycles. The first kappa shape index (κ1) is 53.5. The summed E-state index contributed by atoms with van der Waals surface area (Å²) in [6, 6.07) is 17.6. The number of amides is 7. The Morgan fingerprint density at radius 1 is 0.746 bits per heavy atom. The minimum atomic E-state index is -1.27. The van der Waals surface area contributed by atoms with Gasteiger partial charge < -0.3 is 46.6 Å². The molecule has 1 fully saturated rings. The topological polar surface area (TPSA) is 241 Å². The van der Waals surface area contributed by atoms with Gasteiger partial charge in [-0.3, -0.25) is 33.7 Å². The third kappa shape index (κ3) is 14.4. The van der Waals surface area contributed by atoms with Gasteiger partial charge in [0.05, 0.1) is 0 Å². The number of aromatic amines is 2. The Morgan fingerprint density at radius 2 is 1.30 bits per heavy atom. The normalized spacial score (nSPS) is 15.9. The van der Waals surface area contributed by atoms with Crippen molar-refractivity contribution in [1.82, 2.24) is 41.0 Å². The number of likely N-dealkylation sites (tertiary alicyclic amines) is 1. The van der Waals surface area contributed by atoms with Crippen molar-refractivity contribution in [2.45, 2.75) is 121 Å². The van der Waals surface area contributed by atoms with Crippen LogP contribution in [0.3, 0.4) is 0 Å². The van der Waals surface area contributed by atoms with Crippen LogP contribution in [0.5, 0.6) is 0 Å². The molecule has 7 amide bonds. The average molecular weight is 992 g/mol. The first-order valence-electron chi connectivity index (χ1n) is 24.2. The minimum Gasteiger partial charge on any atom is -0.444 e. The van der Waals surface area contributed by atoms with E-state index in [0.29, 0.717) is 31.6 Å². The number of rotatable bonds is 22. The second kappa shape index (κ2) is 24.3. The van der Waals surface area contributed by atoms with E-state index in [9.17, 15) is 24.0 Å². The number of nitrogens with one attached hydrogen (secondary N) is 6. The summed E-state index contributed by atoms with van der Waals surface area (Å²) in [5.41, 5.74) is 8.71. The lowest BCUT2D eigenvalue weighted by Crippen LogP contribution is -2.60. The molecule has 6 rings (SSSR count). The fourth-order valence-corrected chi connectivity index (χ4v) is 9.45. The molecule has 1 saturated heterocycles. The molecule has 3 aromatic carbocycles. The van der Waals surface area contributed by atoms with Gasteiger partial charge in [0.1, 0.15) is 41.9 Å². The maximum atomic E-state index is 15.2. The Balaban J connectivity index is 1.33. The lowest BCUT2D eigenvalue weighted by molar-refractivity contribution is -0.143. The molecule has 0 saturated carbocycles. The van der Waals surface area contributed by atoms with E-state index in [0.717, 1.165) is 38.5 Å². The van der Waals surface area contributed by atoms with Crippen LogP contribution in [-0.2, 0) is 52.8 Å². The molecule has 8 N–H and O–H groups in total. The highest BCUT2D eigenvalue weighted by atomic mass is 32.2. The summed E-state index contributed by atoms with van der Waals surface area (Å²) < 4.78 is 5.64. The minimum absolute atomic E-state index is 0.000259. The number of para-hydroxylation sites is 2. The van der Waals surface area contributed by atoms with Gasteiger partial charge in [0.15, 0.2) is 0 Å². The van der Waals surface area contributed by atoms with Crippen LogP contribution in [0, 0.1) is 5.92 Å². The number of fused-ring (bicyclic) bond motifs is 2. The first-order valence-corrected chi connectivity index (χ1v) is 25.6. The summed E-state index contributed by atoms with van der Waals surface area (Å²) in [4.78, 5) is 108. The molecular formula is C53H69N9O8S. The number of thioether (sulfide) groups is 1. The van der Waals surface area contributed by atoms with Crippen LogP contribution in [0.25, 0.3) is 21.8 Å². The molecular weight excluding hydrogens is 923 g/mol. The zero-order valence-corrected chi connectivity index (χ0v) is 42.5. The van der Waals surface area contributed by atoms with Crippen LogP contribution >= 0.6 is 11.8 Å². The molecule has 18 heteroatoms. The summed E-state index contributed by atoms with van der Waals surface area (Å²) in [5.74, 6) is -3.22. The van der Waals surface area contributed by atoms with Crippen molar-refractivity contribution >= 4 is 75.1 Å². The SMILES string of the molecule is CSCC[C@H](NC(=O)[C@H](CC(C)C)NC(=O)[C@@H](Cc1c[nH]c2ccccc12)NC(=O)[C@H](Cc1ccccc1)N(C)C(=O)[C@@H](Cc1c[nH]c2ccccc12)NC(=O)[C@@H]1CCCN1C(=O)OC(C)(C)C)C(N)=O. The molecule has 1 aliphatic heterocycles. The summed E-state index contributed by atoms with van der Waals surface area (Å²) in [5, 5.41) is 13.2. The zero-order valence-electron chi connectivity index (χ0n) is 41.7. The second-order valence-corrected chi connectivity index (χ2v) is 20.7. The van der Waals surface area contributed by atoms with E-state index in [2.05, 4.69) is 31.2 Å². The number of nitrogens with two attached hydrogens (primary N) is 1. The Hall–Kier alpha value is -6.82. The van der Waals surface area contributed by atoms with Crippen LogP contribution < -0.4 is 27.0 Å². The maximum Gasteiger partial charge on any atom is 0.410 e. The summed E-state index contributed by atoms with van der Waals surface area (Å²) in [7, 11) is 1.50. The van der Waals surface area contributed by atoms with Gasteiger partial charge in [-0.15, -0.1) is 0 Å². The molecule has 6 atom stereocenters. The van der Waals surface area contributed by atoms with E-state index in [4.69, 9.17) is 10.5 Å². The van der Waals surface area contributed by atoms with Gasteiger partial charge >= 0.3 is 6.09 Å². The number of H-pyrrole nitrogens is 2. The number of hydrogen-bond acceptors (Lipinski definition) is 9. The summed E-state index contributed by atoms with van der Waals surface area (Å²) >= 11 is 1.50. The van der Waals surface area contributed by atoms with E-state index in [1.165, 1.54) is 28.6 Å². The van der Waals surface area contributed by atoms with E-state index >= 15 is 9.59 Å². The lowest BCUT2D eigenvalue weighted by Gasteiger charge is -2.33. The molecule has 0 bridgehead atoms. The molecule has 17 nitrogen and oxygen atoms in total. The number of nitrogens with zero attached hydrogens (tertiary/aromatic N) is 2. The number of benzene rings is 3. The van der Waals surface area contributed by atoms with Gasteiger partial charge in [-0.2, -0.15) is 11.8 Å². The number of ether oxygens (including phenoxy) is 1. The zero-order chi connectivity index (χ0) is 51.4. The van der Waals surface area contributed by atoms with Crippen molar-refractivity contribution < 1.29 is 38.3 Å². The highest BCUT2D eigenvalue weighted by molar-refractivity contribution is 7.98. The number of aromatic nitrogens is 2. The number of likely N-dealkylation sites (N-methyl/N-ethyl adjacent to an activating group) is 1. The smallest absolute Gasteiger partial charge is 0.410 e. The van der Waals surface area contributed by atoms with Crippen LogP contribution in [0.4, 0.5) is 4.79 Å². The predicted molar refractivity (Wildman–Crippen MR) is 276 cm³/mol. The molecule has 0 unspecified atom stereocenters. The number of carbonyl (C=O) groups excluding carboxylic acids is 7. The average Bonchev–Trinajstić information content (AvgIpc) is 4.10. The first-order chi connectivity index (χ1) is 33.8. The van der Waals surface area contributed by atoms with Gasteiger partial charge in [0.25, 0.3) is 0 Å². The third-order valence-corrected chi connectivity index (χ3v) is 13.3. The van der Waals surface area contributed by atoms with Gasteiger partial charge in [0, 0.05) is 67.1 Å². The Labute approximate surface area is 419 Å². The molecule has 1 aliphatic rings. The van der Waals surface area contributed by atoms with Crippen LogP contribution in [0.15, 0.2) is 91.3 Å². The van der Waals surface area contributed by atoms with Gasteiger partial charge in [-0.25, -0.2) is 4.79 Å². The monoisotopic (exact) mass is 991 g/mol. The maximum absolute atomic E-state index is 15.2. The van der Waals surface area contributed by atoms with Crippen LogP contribution in [-0.4, -0.2) is 129 Å². The van der Waals surface area contributed by atoms with E-state index in [1.54, 1.807) is 33.2 Å². The van der Waals surface area contributed by atoms with Gasteiger partial charge in [-0.05, 0) is 93.2 Å². The van der Waals surface area contributed by atoms with Crippen LogP contribution in [0.2, 0.25) is 0 Å². The highest BCUT2D eigenvalue weighted by Crippen LogP contribution is 2.25. The molecule has 5 aromatic rings. The highest BCUT2D eigenvalue weighted by Gasteiger charge is 2.40. The largest absolute Gasteiger partial charge is 0.444 e. The van der Waals surface area contributed by atoms with Gasteiger partial charge in [0.2, 0.25) is 35.4 Å². The molecule has 380 valence electrons. The lowest BCUT2D eigenvalue weighted by atomic mass is 9.98. The summed E-state index contributed by atoms with van der Waals surface area (Å²) in [6.45, 7) is 9.35. The van der Waals surface area contributed by atoms with Crippen molar-refractivity contribution in [3.8, 4) is 0 Å². The van der Waals surface area contributed by atoms with Crippen molar-refractivity contribution in [2.75, 3.05) is 25.6 Å².